The molecule has 1 saturated carbocycles. The van der Waals surface area contributed by atoms with Gasteiger partial charge in [0.1, 0.15) is 0 Å². The third-order valence-corrected chi connectivity index (χ3v) is 5.00. The third kappa shape index (κ3) is 2.61. The molecule has 0 atom stereocenters. The van der Waals surface area contributed by atoms with Gasteiger partial charge in [-0.25, -0.2) is 0 Å². The van der Waals surface area contributed by atoms with E-state index in [1.807, 2.05) is 33.8 Å². The van der Waals surface area contributed by atoms with E-state index in [0.717, 1.165) is 28.5 Å². The molecule has 1 saturated heterocycles. The molecule has 3 rings (SSSR count). The zero-order valence-corrected chi connectivity index (χ0v) is 13.3. The summed E-state index contributed by atoms with van der Waals surface area (Å²) >= 11 is 6.24. The Morgan fingerprint density at radius 2 is 1.85 bits per heavy atom. The SMILES string of the molecule is CC1(C)OB(c2cc(CC3CC3)c(Cl)cn2)OC1(C)C. The Morgan fingerprint density at radius 1 is 1.25 bits per heavy atom. The maximum atomic E-state index is 6.24. The minimum Gasteiger partial charge on any atom is -0.398 e. The smallest absolute Gasteiger partial charge is 0.398 e. The molecule has 3 nitrogen and oxygen atoms in total. The van der Waals surface area contributed by atoms with Gasteiger partial charge in [-0.3, -0.25) is 4.98 Å². The normalized spacial score (nSPS) is 24.1. The van der Waals surface area contributed by atoms with Crippen LogP contribution in [0, 0.1) is 5.92 Å². The molecule has 2 fully saturated rings. The molecule has 1 aromatic rings. The summed E-state index contributed by atoms with van der Waals surface area (Å²) in [7, 11) is -0.407. The molecule has 0 amide bonds. The Morgan fingerprint density at radius 3 is 2.40 bits per heavy atom. The van der Waals surface area contributed by atoms with Gasteiger partial charge in [0.15, 0.2) is 0 Å². The van der Waals surface area contributed by atoms with Gasteiger partial charge in [-0.15, -0.1) is 0 Å². The predicted octanol–water partition coefficient (Wildman–Crippen LogP) is 2.99. The van der Waals surface area contributed by atoms with Crippen molar-refractivity contribution in [3.05, 3.63) is 22.8 Å². The second-order valence-corrected chi connectivity index (χ2v) is 7.34. The minimum absolute atomic E-state index is 0.338. The maximum Gasteiger partial charge on any atom is 0.514 e. The minimum atomic E-state index is -0.407. The van der Waals surface area contributed by atoms with Crippen molar-refractivity contribution in [2.75, 3.05) is 0 Å². The van der Waals surface area contributed by atoms with E-state index in [4.69, 9.17) is 20.9 Å². The van der Waals surface area contributed by atoms with Crippen LogP contribution in [-0.4, -0.2) is 23.3 Å². The van der Waals surface area contributed by atoms with Crippen molar-refractivity contribution >= 4 is 24.3 Å². The molecule has 20 heavy (non-hydrogen) atoms. The molecule has 108 valence electrons. The van der Waals surface area contributed by atoms with Gasteiger partial charge in [0.2, 0.25) is 0 Å². The van der Waals surface area contributed by atoms with Crippen molar-refractivity contribution in [1.82, 2.24) is 4.98 Å². The fraction of sp³-hybridized carbons (Fsp3) is 0.667. The van der Waals surface area contributed by atoms with Crippen LogP contribution < -0.4 is 5.59 Å². The molecular formula is C15H21BClNO2. The Kier molecular flexibility index (Phi) is 3.39. The van der Waals surface area contributed by atoms with E-state index in [2.05, 4.69) is 4.98 Å². The molecule has 0 aromatic carbocycles. The molecule has 5 heteroatoms. The number of hydrogen-bond donors (Lipinski definition) is 0. The van der Waals surface area contributed by atoms with Gasteiger partial charge in [-0.2, -0.15) is 0 Å². The highest BCUT2D eigenvalue weighted by Crippen LogP contribution is 2.37. The van der Waals surface area contributed by atoms with Gasteiger partial charge < -0.3 is 9.31 Å². The average molecular weight is 294 g/mol. The molecule has 1 aliphatic carbocycles. The Bertz CT molecular complexity index is 513. The molecule has 0 spiro atoms. The first kappa shape index (κ1) is 14.4. The van der Waals surface area contributed by atoms with E-state index in [-0.39, 0.29) is 11.2 Å². The quantitative estimate of drug-likeness (QED) is 0.803. The van der Waals surface area contributed by atoms with Crippen LogP contribution in [0.4, 0.5) is 0 Å². The second kappa shape index (κ2) is 4.72. The lowest BCUT2D eigenvalue weighted by molar-refractivity contribution is 0.00578. The van der Waals surface area contributed by atoms with E-state index in [1.165, 1.54) is 12.8 Å². The summed E-state index contributed by atoms with van der Waals surface area (Å²) in [6.07, 6.45) is 5.38. The fourth-order valence-electron chi connectivity index (χ4n) is 2.38. The van der Waals surface area contributed by atoms with Gasteiger partial charge in [0.25, 0.3) is 0 Å². The van der Waals surface area contributed by atoms with Crippen LogP contribution in [0.1, 0.15) is 46.1 Å². The van der Waals surface area contributed by atoms with Crippen LogP contribution in [0.2, 0.25) is 5.02 Å². The van der Waals surface area contributed by atoms with Gasteiger partial charge in [-0.1, -0.05) is 11.6 Å². The average Bonchev–Trinajstić information content (AvgIpc) is 3.10. The van der Waals surface area contributed by atoms with Crippen LogP contribution in [0.25, 0.3) is 0 Å². The number of rotatable bonds is 3. The van der Waals surface area contributed by atoms with E-state index in [1.54, 1.807) is 6.20 Å². The lowest BCUT2D eigenvalue weighted by Crippen LogP contribution is -2.41. The van der Waals surface area contributed by atoms with E-state index < -0.39 is 7.12 Å². The summed E-state index contributed by atoms with van der Waals surface area (Å²) in [5.41, 5.74) is 1.31. The molecule has 1 aliphatic heterocycles. The highest BCUT2D eigenvalue weighted by atomic mass is 35.5. The summed E-state index contributed by atoms with van der Waals surface area (Å²) in [5.74, 6) is 0.793. The predicted molar refractivity (Wildman–Crippen MR) is 81.4 cm³/mol. The third-order valence-electron chi connectivity index (χ3n) is 4.66. The maximum absolute atomic E-state index is 6.24. The molecule has 0 bridgehead atoms. The Balaban J connectivity index is 1.84. The summed E-state index contributed by atoms with van der Waals surface area (Å²) < 4.78 is 12.1. The standard InChI is InChI=1S/C15H21BClNO2/c1-14(2)15(3,4)20-16(19-14)13-8-11(7-10-5-6-10)12(17)9-18-13/h8-10H,5-7H2,1-4H3. The highest BCUT2D eigenvalue weighted by Gasteiger charge is 2.52. The lowest BCUT2D eigenvalue weighted by Gasteiger charge is -2.32. The zero-order chi connectivity index (χ0) is 14.5. The molecular weight excluding hydrogens is 272 g/mol. The van der Waals surface area contributed by atoms with Crippen molar-refractivity contribution in [2.45, 2.75) is 58.2 Å². The van der Waals surface area contributed by atoms with E-state index in [9.17, 15) is 0 Å². The van der Waals surface area contributed by atoms with Crippen molar-refractivity contribution in [3.8, 4) is 0 Å². The van der Waals surface area contributed by atoms with Crippen LogP contribution in [0.5, 0.6) is 0 Å². The van der Waals surface area contributed by atoms with Gasteiger partial charge >= 0.3 is 7.12 Å². The van der Waals surface area contributed by atoms with Crippen LogP contribution >= 0.6 is 11.6 Å². The van der Waals surface area contributed by atoms with Gasteiger partial charge in [0.05, 0.1) is 21.8 Å². The Labute approximate surface area is 126 Å². The van der Waals surface area contributed by atoms with Crippen molar-refractivity contribution < 1.29 is 9.31 Å². The molecule has 2 aliphatic rings. The van der Waals surface area contributed by atoms with Crippen molar-refractivity contribution in [1.29, 1.82) is 0 Å². The van der Waals surface area contributed by atoms with Gasteiger partial charge in [-0.05, 0) is 64.5 Å². The van der Waals surface area contributed by atoms with Crippen LogP contribution in [-0.2, 0) is 15.7 Å². The number of pyridine rings is 1. The first-order valence-electron chi connectivity index (χ1n) is 7.28. The van der Waals surface area contributed by atoms with E-state index >= 15 is 0 Å². The number of hydrogen-bond acceptors (Lipinski definition) is 3. The number of nitrogens with zero attached hydrogens (tertiary/aromatic N) is 1. The van der Waals surface area contributed by atoms with Crippen LogP contribution in [0.3, 0.4) is 0 Å². The second-order valence-electron chi connectivity index (χ2n) is 6.94. The summed E-state index contributed by atoms with van der Waals surface area (Å²) in [6, 6.07) is 2.04. The van der Waals surface area contributed by atoms with E-state index in [0.29, 0.717) is 0 Å². The molecule has 0 radical (unpaired) electrons. The first-order valence-corrected chi connectivity index (χ1v) is 7.66. The largest absolute Gasteiger partial charge is 0.514 e. The molecule has 2 heterocycles. The summed E-state index contributed by atoms with van der Waals surface area (Å²) in [6.45, 7) is 8.20. The topological polar surface area (TPSA) is 31.4 Å². The molecule has 0 N–H and O–H groups in total. The van der Waals surface area contributed by atoms with Crippen LogP contribution in [0.15, 0.2) is 12.3 Å². The molecule has 0 unspecified atom stereocenters. The van der Waals surface area contributed by atoms with Crippen molar-refractivity contribution in [3.63, 3.8) is 0 Å². The first-order chi connectivity index (χ1) is 9.28. The monoisotopic (exact) mass is 293 g/mol. The molecule has 1 aromatic heterocycles. The van der Waals surface area contributed by atoms with Gasteiger partial charge in [0, 0.05) is 6.20 Å². The Hall–Kier alpha value is -0.575. The summed E-state index contributed by atoms with van der Waals surface area (Å²) in [4.78, 5) is 4.40. The highest BCUT2D eigenvalue weighted by molar-refractivity contribution is 6.61. The number of halogens is 1. The van der Waals surface area contributed by atoms with Crippen molar-refractivity contribution in [2.24, 2.45) is 5.92 Å². The fourth-order valence-corrected chi connectivity index (χ4v) is 2.56. The number of aromatic nitrogens is 1. The summed E-state index contributed by atoms with van der Waals surface area (Å²) in [5, 5.41) is 0.747. The lowest BCUT2D eigenvalue weighted by atomic mass is 9.83. The zero-order valence-electron chi connectivity index (χ0n) is 12.6.